The first-order chi connectivity index (χ1) is 5.24. The highest BCUT2D eigenvalue weighted by Crippen LogP contribution is 2.07. The Morgan fingerprint density at radius 2 is 2.55 bits per heavy atom. The number of methoxy groups -OCH3 is 1. The molecule has 0 aromatic heterocycles. The Hall–Kier alpha value is -1.30. The molecule has 60 valence electrons. The van der Waals surface area contributed by atoms with Crippen molar-refractivity contribution >= 4 is 5.97 Å². The maximum atomic E-state index is 10.6. The molecule has 3 heteroatoms. The molecule has 0 heterocycles. The molecule has 0 fully saturated rings. The first-order valence-corrected chi connectivity index (χ1v) is 3.32. The van der Waals surface area contributed by atoms with E-state index >= 15 is 0 Å². The van der Waals surface area contributed by atoms with Crippen molar-refractivity contribution in [1.82, 2.24) is 0 Å². The van der Waals surface area contributed by atoms with Crippen molar-refractivity contribution in [3.63, 3.8) is 0 Å². The van der Waals surface area contributed by atoms with Crippen LogP contribution in [0.4, 0.5) is 0 Å². The first kappa shape index (κ1) is 9.70. The zero-order valence-corrected chi connectivity index (χ0v) is 6.54. The molecule has 1 atom stereocenters. The second-order valence-electron chi connectivity index (χ2n) is 2.13. The molecule has 0 amide bonds. The summed E-state index contributed by atoms with van der Waals surface area (Å²) in [7, 11) is 1.31. The third kappa shape index (κ3) is 4.15. The van der Waals surface area contributed by atoms with Crippen LogP contribution in [0.25, 0.3) is 0 Å². The van der Waals surface area contributed by atoms with Crippen LogP contribution in [-0.2, 0) is 9.53 Å². The molecule has 0 aliphatic rings. The Labute approximate surface area is 66.3 Å². The summed E-state index contributed by atoms with van der Waals surface area (Å²) in [5.41, 5.74) is 0. The molecule has 0 radical (unpaired) electrons. The van der Waals surface area contributed by atoms with E-state index in [0.29, 0.717) is 6.42 Å². The fourth-order valence-electron chi connectivity index (χ4n) is 0.667. The van der Waals surface area contributed by atoms with Gasteiger partial charge in [-0.2, -0.15) is 5.26 Å². The van der Waals surface area contributed by atoms with Crippen molar-refractivity contribution in [2.45, 2.75) is 12.8 Å². The van der Waals surface area contributed by atoms with Crippen LogP contribution in [-0.4, -0.2) is 13.1 Å². The highest BCUT2D eigenvalue weighted by Gasteiger charge is 2.10. The van der Waals surface area contributed by atoms with E-state index in [1.807, 2.05) is 6.07 Å². The minimum Gasteiger partial charge on any atom is -0.469 e. The summed E-state index contributed by atoms with van der Waals surface area (Å²) < 4.78 is 4.40. The molecule has 0 bridgehead atoms. The molecule has 0 aromatic carbocycles. The van der Waals surface area contributed by atoms with Gasteiger partial charge in [0.05, 0.1) is 25.5 Å². The smallest absolute Gasteiger partial charge is 0.306 e. The number of esters is 1. The van der Waals surface area contributed by atoms with Crippen LogP contribution < -0.4 is 0 Å². The average Bonchev–Trinajstić information content (AvgIpc) is 2.03. The quantitative estimate of drug-likeness (QED) is 0.451. The monoisotopic (exact) mass is 153 g/mol. The average molecular weight is 153 g/mol. The summed E-state index contributed by atoms with van der Waals surface area (Å²) in [6.07, 6.45) is 2.31. The Balaban J connectivity index is 3.79. The van der Waals surface area contributed by atoms with Crippen molar-refractivity contribution in [1.29, 1.82) is 5.26 Å². The van der Waals surface area contributed by atoms with E-state index in [0.717, 1.165) is 0 Å². The lowest BCUT2D eigenvalue weighted by Gasteiger charge is -2.02. The summed E-state index contributed by atoms with van der Waals surface area (Å²) >= 11 is 0. The molecule has 0 saturated heterocycles. The molecule has 0 aliphatic carbocycles. The van der Waals surface area contributed by atoms with E-state index in [1.165, 1.54) is 7.11 Å². The van der Waals surface area contributed by atoms with Crippen LogP contribution >= 0.6 is 0 Å². The third-order valence-corrected chi connectivity index (χ3v) is 1.27. The largest absolute Gasteiger partial charge is 0.469 e. The van der Waals surface area contributed by atoms with Crippen LogP contribution in [0, 0.1) is 17.2 Å². The van der Waals surface area contributed by atoms with Crippen molar-refractivity contribution in [3.05, 3.63) is 12.7 Å². The number of nitriles is 1. The number of hydrogen-bond acceptors (Lipinski definition) is 3. The molecular weight excluding hydrogens is 142 g/mol. The lowest BCUT2D eigenvalue weighted by molar-refractivity contribution is -0.141. The molecule has 0 aromatic rings. The number of nitrogens with zero attached hydrogens (tertiary/aromatic N) is 1. The Morgan fingerprint density at radius 3 is 2.91 bits per heavy atom. The Kier molecular flexibility index (Phi) is 4.83. The molecule has 11 heavy (non-hydrogen) atoms. The fraction of sp³-hybridized carbons (Fsp3) is 0.500. The van der Waals surface area contributed by atoms with E-state index in [2.05, 4.69) is 11.3 Å². The van der Waals surface area contributed by atoms with Gasteiger partial charge in [0.15, 0.2) is 0 Å². The summed E-state index contributed by atoms with van der Waals surface area (Å²) in [4.78, 5) is 10.6. The van der Waals surface area contributed by atoms with Crippen molar-refractivity contribution < 1.29 is 9.53 Å². The van der Waals surface area contributed by atoms with Crippen LogP contribution in [0.3, 0.4) is 0 Å². The molecule has 0 saturated carbocycles. The van der Waals surface area contributed by atoms with Gasteiger partial charge in [-0.15, -0.1) is 6.58 Å². The maximum absolute atomic E-state index is 10.6. The zero-order chi connectivity index (χ0) is 8.69. The van der Waals surface area contributed by atoms with Gasteiger partial charge < -0.3 is 4.74 Å². The number of rotatable bonds is 4. The third-order valence-electron chi connectivity index (χ3n) is 1.27. The number of ether oxygens (including phenoxy) is 1. The topological polar surface area (TPSA) is 50.1 Å². The van der Waals surface area contributed by atoms with Crippen molar-refractivity contribution in [2.75, 3.05) is 7.11 Å². The molecule has 3 nitrogen and oxygen atoms in total. The van der Waals surface area contributed by atoms with E-state index in [9.17, 15) is 4.79 Å². The summed E-state index contributed by atoms with van der Waals surface area (Å²) in [6.45, 7) is 3.48. The van der Waals surface area contributed by atoms with Crippen molar-refractivity contribution in [2.24, 2.45) is 5.92 Å². The molecule has 0 aliphatic heterocycles. The van der Waals surface area contributed by atoms with Gasteiger partial charge in [0.2, 0.25) is 0 Å². The lowest BCUT2D eigenvalue weighted by Crippen LogP contribution is -2.07. The standard InChI is InChI=1S/C8H11NO2/c1-3-4-7(6-9)5-8(10)11-2/h3,7H,1,4-5H2,2H3. The van der Waals surface area contributed by atoms with E-state index in [4.69, 9.17) is 5.26 Å². The van der Waals surface area contributed by atoms with Gasteiger partial charge in [0.1, 0.15) is 0 Å². The fourth-order valence-corrected chi connectivity index (χ4v) is 0.667. The predicted octanol–water partition coefficient (Wildman–Crippen LogP) is 1.27. The van der Waals surface area contributed by atoms with E-state index in [1.54, 1.807) is 6.08 Å². The minimum atomic E-state index is -0.349. The van der Waals surface area contributed by atoms with E-state index < -0.39 is 0 Å². The van der Waals surface area contributed by atoms with Gasteiger partial charge in [-0.1, -0.05) is 6.08 Å². The van der Waals surface area contributed by atoms with Crippen LogP contribution in [0.15, 0.2) is 12.7 Å². The second kappa shape index (κ2) is 5.48. The van der Waals surface area contributed by atoms with Gasteiger partial charge in [0, 0.05) is 0 Å². The molecule has 0 spiro atoms. The minimum absolute atomic E-state index is 0.152. The summed E-state index contributed by atoms with van der Waals surface area (Å²) in [6, 6.07) is 2.00. The SMILES string of the molecule is C=CCC(C#N)CC(=O)OC. The lowest BCUT2D eigenvalue weighted by atomic mass is 10.0. The number of carbonyl (C=O) groups excluding carboxylic acids is 1. The van der Waals surface area contributed by atoms with Gasteiger partial charge in [-0.25, -0.2) is 0 Å². The summed E-state index contributed by atoms with van der Waals surface area (Å²) in [5.74, 6) is -0.640. The van der Waals surface area contributed by atoms with Crippen molar-refractivity contribution in [3.8, 4) is 6.07 Å². The second-order valence-corrected chi connectivity index (χ2v) is 2.13. The Bertz CT molecular complexity index is 181. The number of carbonyl (C=O) groups is 1. The Morgan fingerprint density at radius 1 is 1.91 bits per heavy atom. The zero-order valence-electron chi connectivity index (χ0n) is 6.54. The van der Waals surface area contributed by atoms with Crippen LogP contribution in [0.1, 0.15) is 12.8 Å². The van der Waals surface area contributed by atoms with Gasteiger partial charge in [-0.3, -0.25) is 4.79 Å². The first-order valence-electron chi connectivity index (χ1n) is 3.32. The van der Waals surface area contributed by atoms with Gasteiger partial charge >= 0.3 is 5.97 Å². The highest BCUT2D eigenvalue weighted by atomic mass is 16.5. The maximum Gasteiger partial charge on any atom is 0.306 e. The van der Waals surface area contributed by atoms with Crippen LogP contribution in [0.5, 0.6) is 0 Å². The number of allylic oxidation sites excluding steroid dienone is 1. The molecule has 0 rings (SSSR count). The number of hydrogen-bond donors (Lipinski definition) is 0. The van der Waals surface area contributed by atoms with Crippen LogP contribution in [0.2, 0.25) is 0 Å². The molecular formula is C8H11NO2. The normalized spacial score (nSPS) is 11.3. The van der Waals surface area contributed by atoms with Gasteiger partial charge in [-0.05, 0) is 6.42 Å². The molecule has 0 N–H and O–H groups in total. The predicted molar refractivity (Wildman–Crippen MR) is 40.6 cm³/mol. The summed E-state index contributed by atoms with van der Waals surface area (Å²) in [5, 5.41) is 8.50. The van der Waals surface area contributed by atoms with E-state index in [-0.39, 0.29) is 18.3 Å². The molecule has 1 unspecified atom stereocenters. The highest BCUT2D eigenvalue weighted by molar-refractivity contribution is 5.69. The van der Waals surface area contributed by atoms with Gasteiger partial charge in [0.25, 0.3) is 0 Å².